The Morgan fingerprint density at radius 1 is 1.20 bits per heavy atom. The van der Waals surface area contributed by atoms with Crippen molar-refractivity contribution in [3.8, 4) is 0 Å². The average molecular weight is 282 g/mol. The molecule has 0 radical (unpaired) electrons. The lowest BCUT2D eigenvalue weighted by Gasteiger charge is -2.23. The van der Waals surface area contributed by atoms with E-state index in [1.54, 1.807) is 0 Å². The van der Waals surface area contributed by atoms with Crippen molar-refractivity contribution in [2.24, 2.45) is 11.8 Å². The van der Waals surface area contributed by atoms with Gasteiger partial charge in [-0.05, 0) is 20.3 Å². The van der Waals surface area contributed by atoms with E-state index in [9.17, 15) is 9.90 Å². The van der Waals surface area contributed by atoms with E-state index in [0.29, 0.717) is 6.42 Å². The second kappa shape index (κ2) is 3.76. The van der Waals surface area contributed by atoms with Crippen molar-refractivity contribution in [1.82, 2.24) is 0 Å². The van der Waals surface area contributed by atoms with E-state index >= 15 is 0 Å². The van der Waals surface area contributed by atoms with E-state index in [4.69, 9.17) is 14.2 Å². The van der Waals surface area contributed by atoms with Gasteiger partial charge in [-0.2, -0.15) is 0 Å². The third-order valence-electron chi connectivity index (χ3n) is 5.96. The second-order valence-electron chi connectivity index (χ2n) is 7.33. The molecule has 112 valence electrons. The number of fused-ring (bicyclic) bond motifs is 3. The molecule has 1 N–H and O–H groups in total. The smallest absolute Gasteiger partial charge is 0.309 e. The highest BCUT2D eigenvalue weighted by molar-refractivity contribution is 5.74. The molecule has 1 saturated carbocycles. The van der Waals surface area contributed by atoms with Crippen LogP contribution in [-0.4, -0.2) is 46.7 Å². The first kappa shape index (κ1) is 13.0. The number of aliphatic hydroxyl groups excluding tert-OH is 1. The van der Waals surface area contributed by atoms with E-state index in [0.717, 1.165) is 12.8 Å². The molecule has 3 heterocycles. The minimum absolute atomic E-state index is 0.0325. The van der Waals surface area contributed by atoms with Crippen LogP contribution in [0.15, 0.2) is 0 Å². The van der Waals surface area contributed by atoms with Gasteiger partial charge < -0.3 is 19.3 Å². The first-order valence-electron chi connectivity index (χ1n) is 7.58. The number of hydrogen-bond donors (Lipinski definition) is 1. The van der Waals surface area contributed by atoms with Gasteiger partial charge >= 0.3 is 5.97 Å². The van der Waals surface area contributed by atoms with Crippen LogP contribution in [0, 0.1) is 11.8 Å². The van der Waals surface area contributed by atoms with E-state index in [-0.39, 0.29) is 41.7 Å². The summed E-state index contributed by atoms with van der Waals surface area (Å²) in [6.45, 7) is 5.94. The Kier molecular flexibility index (Phi) is 2.45. The van der Waals surface area contributed by atoms with Crippen molar-refractivity contribution < 1.29 is 24.1 Å². The summed E-state index contributed by atoms with van der Waals surface area (Å²) in [5.41, 5.74) is -0.730. The largest absolute Gasteiger partial charge is 0.462 e. The Hall–Kier alpha value is -0.650. The summed E-state index contributed by atoms with van der Waals surface area (Å²) in [4.78, 5) is 11.9. The van der Waals surface area contributed by atoms with Gasteiger partial charge in [-0.15, -0.1) is 0 Å². The molecule has 20 heavy (non-hydrogen) atoms. The van der Waals surface area contributed by atoms with Crippen molar-refractivity contribution in [1.29, 1.82) is 0 Å². The van der Waals surface area contributed by atoms with Crippen LogP contribution in [0.25, 0.3) is 0 Å². The molecule has 5 heteroatoms. The number of rotatable bonds is 0. The summed E-state index contributed by atoms with van der Waals surface area (Å²) in [7, 11) is 0. The summed E-state index contributed by atoms with van der Waals surface area (Å²) in [6, 6.07) is 0. The molecular formula is C15H22O5. The summed E-state index contributed by atoms with van der Waals surface area (Å²) in [5, 5.41) is 10.4. The highest BCUT2D eigenvalue weighted by Gasteiger charge is 2.65. The minimum atomic E-state index is -0.496. The summed E-state index contributed by atoms with van der Waals surface area (Å²) in [5.74, 6) is -0.0323. The molecule has 0 amide bonds. The molecule has 0 aromatic heterocycles. The monoisotopic (exact) mass is 282 g/mol. The predicted octanol–water partition coefficient (Wildman–Crippen LogP) is 1.02. The maximum atomic E-state index is 11.9. The lowest BCUT2D eigenvalue weighted by atomic mass is 9.79. The zero-order chi connectivity index (χ0) is 14.3. The van der Waals surface area contributed by atoms with Gasteiger partial charge in [0.2, 0.25) is 0 Å². The van der Waals surface area contributed by atoms with Crippen LogP contribution in [-0.2, 0) is 19.0 Å². The van der Waals surface area contributed by atoms with Crippen LogP contribution in [0.5, 0.6) is 0 Å². The molecule has 4 aliphatic rings. The number of carbonyl (C=O) groups excluding carboxylic acids is 1. The lowest BCUT2D eigenvalue weighted by Crippen LogP contribution is -2.36. The molecule has 0 spiro atoms. The molecule has 1 aliphatic carbocycles. The highest BCUT2D eigenvalue weighted by atomic mass is 16.6. The van der Waals surface area contributed by atoms with Gasteiger partial charge in [0, 0.05) is 18.8 Å². The van der Waals surface area contributed by atoms with Crippen LogP contribution >= 0.6 is 0 Å². The first-order valence-corrected chi connectivity index (χ1v) is 7.58. The molecule has 5 nitrogen and oxygen atoms in total. The third kappa shape index (κ3) is 1.69. The van der Waals surface area contributed by atoms with Crippen LogP contribution in [0.1, 0.15) is 40.0 Å². The maximum Gasteiger partial charge on any atom is 0.309 e. The standard InChI is InChI=1S/C15H22O5/c1-7-8-4-12-15(3,20-12)10(16)5-11-14(2,19-11)6-9(8)18-13(7)17/h7-12,16H,4-6H2,1-3H3/t7-,8-,9-,10-,11+,12+,14+,15+/m0/s1. The van der Waals surface area contributed by atoms with Crippen molar-refractivity contribution >= 4 is 5.97 Å². The molecule has 3 aliphatic heterocycles. The van der Waals surface area contributed by atoms with Gasteiger partial charge in [-0.25, -0.2) is 0 Å². The van der Waals surface area contributed by atoms with E-state index in [2.05, 4.69) is 0 Å². The Labute approximate surface area is 118 Å². The number of ether oxygens (including phenoxy) is 3. The van der Waals surface area contributed by atoms with Crippen LogP contribution < -0.4 is 0 Å². The van der Waals surface area contributed by atoms with Crippen LogP contribution in [0.4, 0.5) is 0 Å². The molecule has 0 aromatic rings. The molecule has 0 aromatic carbocycles. The number of esters is 1. The second-order valence-corrected chi connectivity index (χ2v) is 7.33. The van der Waals surface area contributed by atoms with Gasteiger partial charge in [-0.1, -0.05) is 6.92 Å². The number of hydrogen-bond acceptors (Lipinski definition) is 5. The third-order valence-corrected chi connectivity index (χ3v) is 5.96. The van der Waals surface area contributed by atoms with Crippen molar-refractivity contribution in [3.63, 3.8) is 0 Å². The fourth-order valence-electron chi connectivity index (χ4n) is 4.09. The minimum Gasteiger partial charge on any atom is -0.462 e. The van der Waals surface area contributed by atoms with E-state index in [1.165, 1.54) is 0 Å². The van der Waals surface area contributed by atoms with Crippen LogP contribution in [0.2, 0.25) is 0 Å². The van der Waals surface area contributed by atoms with Crippen molar-refractivity contribution in [3.05, 3.63) is 0 Å². The highest BCUT2D eigenvalue weighted by Crippen LogP contribution is 2.54. The summed E-state index contributed by atoms with van der Waals surface area (Å²) < 4.78 is 17.1. The number of epoxide rings is 2. The van der Waals surface area contributed by atoms with Gasteiger partial charge in [0.1, 0.15) is 11.7 Å². The van der Waals surface area contributed by atoms with Gasteiger partial charge in [-0.3, -0.25) is 4.79 Å². The zero-order valence-corrected chi connectivity index (χ0v) is 12.2. The maximum absolute atomic E-state index is 11.9. The number of carbonyl (C=O) groups is 1. The molecule has 0 bridgehead atoms. The molecule has 8 atom stereocenters. The van der Waals surface area contributed by atoms with Crippen molar-refractivity contribution in [2.75, 3.05) is 0 Å². The first-order chi connectivity index (χ1) is 9.33. The fraction of sp³-hybridized carbons (Fsp3) is 0.933. The van der Waals surface area contributed by atoms with E-state index < -0.39 is 11.7 Å². The molecule has 0 unspecified atom stereocenters. The molecule has 4 rings (SSSR count). The Bertz CT molecular complexity index is 465. The van der Waals surface area contributed by atoms with Crippen molar-refractivity contribution in [2.45, 2.75) is 75.7 Å². The lowest BCUT2D eigenvalue weighted by molar-refractivity contribution is -0.144. The Morgan fingerprint density at radius 2 is 1.95 bits per heavy atom. The van der Waals surface area contributed by atoms with Gasteiger partial charge in [0.25, 0.3) is 0 Å². The summed E-state index contributed by atoms with van der Waals surface area (Å²) >= 11 is 0. The normalized spacial score (nSPS) is 60.9. The topological polar surface area (TPSA) is 71.6 Å². The average Bonchev–Trinajstić information content (AvgIpc) is 3.18. The zero-order valence-electron chi connectivity index (χ0n) is 12.2. The molecular weight excluding hydrogens is 260 g/mol. The molecule has 3 saturated heterocycles. The summed E-state index contributed by atoms with van der Waals surface area (Å²) in [6.07, 6.45) is 1.63. The van der Waals surface area contributed by atoms with Gasteiger partial charge in [0.05, 0.1) is 29.8 Å². The molecule has 4 fully saturated rings. The Morgan fingerprint density at radius 3 is 2.70 bits per heavy atom. The van der Waals surface area contributed by atoms with Gasteiger partial charge in [0.15, 0.2) is 0 Å². The number of aliphatic hydroxyl groups is 1. The van der Waals surface area contributed by atoms with Crippen LogP contribution in [0.3, 0.4) is 0 Å². The SMILES string of the molecule is C[C@@H]1C(=O)O[C@H]2C[C@@]3(C)O[C@@H]3C[C@H](O)[C@@]3(C)O[C@@H]3C[C@H]21. The Balaban J connectivity index is 1.62. The fourth-order valence-corrected chi connectivity index (χ4v) is 4.09. The van der Waals surface area contributed by atoms with E-state index in [1.807, 2.05) is 20.8 Å². The predicted molar refractivity (Wildman–Crippen MR) is 68.9 cm³/mol. The quantitative estimate of drug-likeness (QED) is 0.530.